The minimum atomic E-state index is -0.774. The van der Waals surface area contributed by atoms with Crippen molar-refractivity contribution in [2.24, 2.45) is 23.7 Å². The molecule has 6 amide bonds. The van der Waals surface area contributed by atoms with Gasteiger partial charge in [-0.2, -0.15) is 0 Å². The van der Waals surface area contributed by atoms with Crippen molar-refractivity contribution in [1.82, 2.24) is 31.1 Å². The second kappa shape index (κ2) is 24.4. The molecule has 2 saturated heterocycles. The fourth-order valence-electron chi connectivity index (χ4n) is 8.57. The number of nitrogens with zero attached hydrogens (tertiary/aromatic N) is 2. The predicted octanol–water partition coefficient (Wildman–Crippen LogP) is 7.55. The van der Waals surface area contributed by atoms with Crippen molar-refractivity contribution in [3.8, 4) is 0 Å². The van der Waals surface area contributed by atoms with Gasteiger partial charge in [-0.05, 0) is 121 Å². The molecular weight excluding hydrogens is 1120 g/mol. The van der Waals surface area contributed by atoms with Crippen molar-refractivity contribution in [2.45, 2.75) is 25.7 Å². The molecule has 0 bridgehead atoms. The van der Waals surface area contributed by atoms with Crippen molar-refractivity contribution in [1.29, 1.82) is 0 Å². The molecule has 0 aromatic heterocycles. The lowest BCUT2D eigenvalue weighted by Gasteiger charge is -2.18. The second-order valence-corrected chi connectivity index (χ2v) is 20.8. The van der Waals surface area contributed by atoms with Crippen molar-refractivity contribution in [3.63, 3.8) is 0 Å². The van der Waals surface area contributed by atoms with E-state index in [4.69, 9.17) is 0 Å². The van der Waals surface area contributed by atoms with Gasteiger partial charge in [0.15, 0.2) is 0 Å². The molecule has 5 aromatic rings. The number of hydrogen-bond donors (Lipinski definition) is 4. The summed E-state index contributed by atoms with van der Waals surface area (Å²) in [7, 11) is 0. The molecule has 2 heterocycles. The largest absolute Gasteiger partial charge is 0.355 e. The standard InChI is InChI=1S/C52H52Br4N6O6/c53-39-13-1-33(2-14-39)21-25-57-47(63)43-29-61(30-44(43)48(64)58-26-22-34-3-15-40(54)16-4-34)51(67)37-9-11-38(12-10-37)52(68)62-31-45(49(65)59-27-23-35-5-17-41(55)18-6-35)46(32-62)50(66)60-28-24-36-7-19-42(56)20-8-36/h1-20,43-46H,21-32H2,(H,57,63)(H,58,64)(H,59,65)(H,60,66)/t43-,44-,45-,46-/m0/s1. The van der Waals surface area contributed by atoms with Crippen LogP contribution in [0.2, 0.25) is 0 Å². The van der Waals surface area contributed by atoms with Gasteiger partial charge in [-0.3, -0.25) is 28.8 Å². The van der Waals surface area contributed by atoms with Crippen LogP contribution in [0.5, 0.6) is 0 Å². The van der Waals surface area contributed by atoms with Crippen LogP contribution in [0, 0.1) is 23.7 Å². The van der Waals surface area contributed by atoms with E-state index in [1.807, 2.05) is 97.1 Å². The number of rotatable bonds is 18. The van der Waals surface area contributed by atoms with Gasteiger partial charge in [-0.25, -0.2) is 0 Å². The molecule has 354 valence electrons. The molecule has 2 fully saturated rings. The maximum absolute atomic E-state index is 14.1. The first-order valence-corrected chi connectivity index (χ1v) is 25.8. The maximum atomic E-state index is 14.1. The van der Waals surface area contributed by atoms with Gasteiger partial charge in [-0.1, -0.05) is 112 Å². The van der Waals surface area contributed by atoms with Gasteiger partial charge in [0.05, 0.1) is 23.7 Å². The van der Waals surface area contributed by atoms with Crippen LogP contribution in [0.1, 0.15) is 43.0 Å². The third-order valence-electron chi connectivity index (χ3n) is 12.4. The third-order valence-corrected chi connectivity index (χ3v) is 14.6. The summed E-state index contributed by atoms with van der Waals surface area (Å²) in [5, 5.41) is 12.0. The van der Waals surface area contributed by atoms with Crippen LogP contribution in [0.4, 0.5) is 0 Å². The molecule has 5 aromatic carbocycles. The van der Waals surface area contributed by atoms with Gasteiger partial charge in [0, 0.05) is 81.4 Å². The summed E-state index contributed by atoms with van der Waals surface area (Å²) in [6.45, 7) is 1.64. The summed E-state index contributed by atoms with van der Waals surface area (Å²) in [6, 6.07) is 37.6. The topological polar surface area (TPSA) is 157 Å². The Morgan fingerprint density at radius 2 is 0.559 bits per heavy atom. The Morgan fingerprint density at radius 1 is 0.353 bits per heavy atom. The van der Waals surface area contributed by atoms with Crippen molar-refractivity contribution in [2.75, 3.05) is 52.4 Å². The van der Waals surface area contributed by atoms with Gasteiger partial charge in [0.25, 0.3) is 11.8 Å². The zero-order valence-electron chi connectivity index (χ0n) is 37.2. The highest BCUT2D eigenvalue weighted by atomic mass is 79.9. The van der Waals surface area contributed by atoms with Gasteiger partial charge in [0.1, 0.15) is 0 Å². The van der Waals surface area contributed by atoms with E-state index >= 15 is 0 Å². The lowest BCUT2D eigenvalue weighted by atomic mass is 9.94. The summed E-state index contributed by atoms with van der Waals surface area (Å²) >= 11 is 13.8. The average Bonchev–Trinajstić information content (AvgIpc) is 4.01. The number of nitrogens with one attached hydrogen (secondary N) is 4. The van der Waals surface area contributed by atoms with Gasteiger partial charge >= 0.3 is 0 Å². The highest BCUT2D eigenvalue weighted by Gasteiger charge is 2.45. The van der Waals surface area contributed by atoms with Crippen LogP contribution in [0.15, 0.2) is 139 Å². The van der Waals surface area contributed by atoms with Crippen LogP contribution in [-0.4, -0.2) is 97.6 Å². The van der Waals surface area contributed by atoms with Crippen molar-refractivity contribution in [3.05, 3.63) is 173 Å². The summed E-state index contributed by atoms with van der Waals surface area (Å²) in [5.74, 6) is -5.04. The van der Waals surface area contributed by atoms with Crippen LogP contribution < -0.4 is 21.3 Å². The highest BCUT2D eigenvalue weighted by molar-refractivity contribution is 9.11. The first kappa shape index (κ1) is 50.7. The molecule has 2 aliphatic rings. The molecule has 0 unspecified atom stereocenters. The molecule has 16 heteroatoms. The Bertz CT molecular complexity index is 2240. The van der Waals surface area contributed by atoms with Crippen molar-refractivity contribution >= 4 is 99.2 Å². The quantitative estimate of drug-likeness (QED) is 0.0711. The summed E-state index contributed by atoms with van der Waals surface area (Å²) < 4.78 is 3.84. The fourth-order valence-corrected chi connectivity index (χ4v) is 9.63. The van der Waals surface area contributed by atoms with Crippen LogP contribution in [0.25, 0.3) is 0 Å². The molecule has 68 heavy (non-hydrogen) atoms. The van der Waals surface area contributed by atoms with E-state index < -0.39 is 23.7 Å². The van der Waals surface area contributed by atoms with E-state index in [9.17, 15) is 28.8 Å². The zero-order valence-corrected chi connectivity index (χ0v) is 43.5. The molecule has 2 aliphatic heterocycles. The number of likely N-dealkylation sites (tertiary alicyclic amines) is 2. The van der Waals surface area contributed by atoms with Crippen LogP contribution in [-0.2, 0) is 44.9 Å². The van der Waals surface area contributed by atoms with E-state index in [1.54, 1.807) is 24.3 Å². The first-order valence-electron chi connectivity index (χ1n) is 22.6. The predicted molar refractivity (Wildman–Crippen MR) is 276 cm³/mol. The first-order chi connectivity index (χ1) is 32.8. The molecule has 0 spiro atoms. The normalized spacial score (nSPS) is 17.6. The number of benzene rings is 5. The number of carbonyl (C=O) groups excluding carboxylic acids is 6. The monoisotopic (exact) mass is 1170 g/mol. The minimum Gasteiger partial charge on any atom is -0.355 e. The van der Waals surface area contributed by atoms with Gasteiger partial charge in [0.2, 0.25) is 23.6 Å². The second-order valence-electron chi connectivity index (χ2n) is 17.1. The Balaban J connectivity index is 0.992. The lowest BCUT2D eigenvalue weighted by molar-refractivity contribution is -0.132. The van der Waals surface area contributed by atoms with E-state index in [0.717, 1.165) is 40.1 Å². The lowest BCUT2D eigenvalue weighted by Crippen LogP contribution is -2.42. The molecular formula is C52H52Br4N6O6. The Hall–Kier alpha value is -5.16. The molecule has 4 N–H and O–H groups in total. The molecule has 4 atom stereocenters. The van der Waals surface area contributed by atoms with Crippen LogP contribution >= 0.6 is 63.7 Å². The van der Waals surface area contributed by atoms with Crippen LogP contribution in [0.3, 0.4) is 0 Å². The maximum Gasteiger partial charge on any atom is 0.253 e. The highest BCUT2D eigenvalue weighted by Crippen LogP contribution is 2.29. The molecule has 0 radical (unpaired) electrons. The van der Waals surface area contributed by atoms with Gasteiger partial charge < -0.3 is 31.1 Å². The van der Waals surface area contributed by atoms with E-state index in [2.05, 4.69) is 85.0 Å². The molecule has 12 nitrogen and oxygen atoms in total. The minimum absolute atomic E-state index is 0.0430. The SMILES string of the molecule is O=C(NCCc1ccc(Br)cc1)[C@H]1CN(C(=O)c2ccc(C(=O)N3C[C@H](C(=O)NCCc4ccc(Br)cc4)[C@@H](C(=O)NCCc4ccc(Br)cc4)C3)cc2)C[C@@H]1C(=O)NCCc1ccc(Br)cc1. The number of halogens is 4. The Morgan fingerprint density at radius 3 is 0.765 bits per heavy atom. The number of hydrogen-bond acceptors (Lipinski definition) is 6. The Labute approximate surface area is 430 Å². The number of carbonyl (C=O) groups is 6. The molecule has 7 rings (SSSR count). The summed E-state index contributed by atoms with van der Waals surface area (Å²) in [4.78, 5) is 86.0. The summed E-state index contributed by atoms with van der Waals surface area (Å²) in [5.41, 5.74) is 4.78. The third kappa shape index (κ3) is 14.0. The van der Waals surface area contributed by atoms with Crippen molar-refractivity contribution < 1.29 is 28.8 Å². The van der Waals surface area contributed by atoms with E-state index in [0.29, 0.717) is 63.0 Å². The van der Waals surface area contributed by atoms with E-state index in [1.165, 1.54) is 9.80 Å². The molecule has 0 saturated carbocycles. The zero-order chi connectivity index (χ0) is 48.2. The number of amides is 6. The smallest absolute Gasteiger partial charge is 0.253 e. The average molecular weight is 1180 g/mol. The van der Waals surface area contributed by atoms with Gasteiger partial charge in [-0.15, -0.1) is 0 Å². The molecule has 0 aliphatic carbocycles. The fraction of sp³-hybridized carbons (Fsp3) is 0.308. The summed E-state index contributed by atoms with van der Waals surface area (Å²) in [6.07, 6.45) is 2.40. The van der Waals surface area contributed by atoms with E-state index in [-0.39, 0.29) is 61.6 Å². The Kier molecular flexibility index (Phi) is 18.2.